The van der Waals surface area contributed by atoms with E-state index < -0.39 is 0 Å². The highest BCUT2D eigenvalue weighted by Crippen LogP contribution is 2.33. The molecular weight excluding hydrogens is 309 g/mol. The number of methoxy groups -OCH3 is 2. The molecule has 124 valence electrons. The zero-order valence-electron chi connectivity index (χ0n) is 13.6. The maximum Gasteiger partial charge on any atom is 0.168 e. The van der Waals surface area contributed by atoms with Crippen molar-refractivity contribution in [1.29, 1.82) is 0 Å². The van der Waals surface area contributed by atoms with Crippen molar-refractivity contribution in [2.24, 2.45) is 4.99 Å². The van der Waals surface area contributed by atoms with E-state index in [2.05, 4.69) is 4.99 Å². The number of benzene rings is 2. The standard InChI is InChI=1S/C19H18FNO3/c1-23-18-9-13-7-8-21-16(15(13)10-19(18)24-2)11-17(22)12-3-5-14(20)6-4-12/h3-6,9-10H,7-8,11H2,1-2H3. The number of ketones is 1. The third-order valence-electron chi connectivity index (χ3n) is 4.10. The average molecular weight is 327 g/mol. The largest absolute Gasteiger partial charge is 0.493 e. The third kappa shape index (κ3) is 3.15. The number of halogens is 1. The molecule has 0 aromatic heterocycles. The molecule has 0 amide bonds. The van der Waals surface area contributed by atoms with Gasteiger partial charge < -0.3 is 9.47 Å². The maximum absolute atomic E-state index is 13.0. The van der Waals surface area contributed by atoms with Crippen molar-refractivity contribution in [2.75, 3.05) is 20.8 Å². The van der Waals surface area contributed by atoms with Crippen LogP contribution in [0.2, 0.25) is 0 Å². The lowest BCUT2D eigenvalue weighted by atomic mass is 9.93. The molecule has 24 heavy (non-hydrogen) atoms. The number of carbonyl (C=O) groups excluding carboxylic acids is 1. The van der Waals surface area contributed by atoms with E-state index in [1.54, 1.807) is 14.2 Å². The van der Waals surface area contributed by atoms with E-state index in [1.807, 2.05) is 12.1 Å². The number of rotatable bonds is 5. The fourth-order valence-electron chi connectivity index (χ4n) is 2.83. The fraction of sp³-hybridized carbons (Fsp3) is 0.263. The zero-order chi connectivity index (χ0) is 17.1. The minimum Gasteiger partial charge on any atom is -0.493 e. The van der Waals surface area contributed by atoms with E-state index in [-0.39, 0.29) is 18.0 Å². The highest BCUT2D eigenvalue weighted by molar-refractivity contribution is 6.16. The Morgan fingerprint density at radius 1 is 1.12 bits per heavy atom. The Hall–Kier alpha value is -2.69. The van der Waals surface area contributed by atoms with Crippen LogP contribution >= 0.6 is 0 Å². The molecule has 0 spiro atoms. The topological polar surface area (TPSA) is 47.9 Å². The summed E-state index contributed by atoms with van der Waals surface area (Å²) in [5.74, 6) is 0.836. The van der Waals surface area contributed by atoms with Crippen LogP contribution in [0, 0.1) is 5.82 Å². The van der Waals surface area contributed by atoms with Crippen LogP contribution in [0.1, 0.15) is 27.9 Å². The molecule has 0 atom stereocenters. The number of aliphatic imine (C=N–C) groups is 1. The number of nitrogens with zero attached hydrogens (tertiary/aromatic N) is 1. The minimum atomic E-state index is -0.358. The zero-order valence-corrected chi connectivity index (χ0v) is 13.6. The van der Waals surface area contributed by atoms with E-state index in [1.165, 1.54) is 24.3 Å². The summed E-state index contributed by atoms with van der Waals surface area (Å²) in [5.41, 5.74) is 3.21. The van der Waals surface area contributed by atoms with Crippen LogP contribution in [0.4, 0.5) is 4.39 Å². The van der Waals surface area contributed by atoms with Crippen LogP contribution < -0.4 is 9.47 Å². The van der Waals surface area contributed by atoms with E-state index in [9.17, 15) is 9.18 Å². The van der Waals surface area contributed by atoms with Gasteiger partial charge in [-0.2, -0.15) is 0 Å². The van der Waals surface area contributed by atoms with Crippen LogP contribution in [0.5, 0.6) is 11.5 Å². The van der Waals surface area contributed by atoms with Gasteiger partial charge in [0.1, 0.15) is 5.82 Å². The second kappa shape index (κ2) is 6.83. The van der Waals surface area contributed by atoms with Gasteiger partial charge in [-0.05, 0) is 48.4 Å². The van der Waals surface area contributed by atoms with Crippen molar-refractivity contribution in [3.63, 3.8) is 0 Å². The molecule has 2 aromatic rings. The van der Waals surface area contributed by atoms with Gasteiger partial charge in [-0.25, -0.2) is 4.39 Å². The number of fused-ring (bicyclic) bond motifs is 1. The molecular formula is C19H18FNO3. The summed E-state index contributed by atoms with van der Waals surface area (Å²) in [6.07, 6.45) is 0.970. The maximum atomic E-state index is 13.0. The van der Waals surface area contributed by atoms with Gasteiger partial charge >= 0.3 is 0 Å². The lowest BCUT2D eigenvalue weighted by Gasteiger charge is -2.19. The Bertz CT molecular complexity index is 797. The summed E-state index contributed by atoms with van der Waals surface area (Å²) < 4.78 is 23.7. The monoisotopic (exact) mass is 327 g/mol. The molecule has 3 rings (SSSR count). The average Bonchev–Trinajstić information content (AvgIpc) is 2.61. The fourth-order valence-corrected chi connectivity index (χ4v) is 2.83. The summed E-state index contributed by atoms with van der Waals surface area (Å²) in [7, 11) is 3.17. The first kappa shape index (κ1) is 16.2. The first-order chi connectivity index (χ1) is 11.6. The van der Waals surface area contributed by atoms with Gasteiger partial charge in [-0.15, -0.1) is 0 Å². The Balaban J connectivity index is 1.89. The number of hydrogen-bond acceptors (Lipinski definition) is 4. The molecule has 1 aliphatic heterocycles. The van der Waals surface area contributed by atoms with E-state index in [0.717, 1.165) is 23.3 Å². The Morgan fingerprint density at radius 3 is 2.46 bits per heavy atom. The van der Waals surface area contributed by atoms with Crippen LogP contribution in [-0.4, -0.2) is 32.3 Å². The van der Waals surface area contributed by atoms with Crippen LogP contribution in [0.3, 0.4) is 0 Å². The number of hydrogen-bond donors (Lipinski definition) is 0. The van der Waals surface area contributed by atoms with Crippen molar-refractivity contribution in [3.05, 3.63) is 58.9 Å². The molecule has 0 aliphatic carbocycles. The molecule has 5 heteroatoms. The predicted octanol–water partition coefficient (Wildman–Crippen LogP) is 3.46. The quantitative estimate of drug-likeness (QED) is 0.790. The second-order valence-corrected chi connectivity index (χ2v) is 5.55. The Morgan fingerprint density at radius 2 is 1.79 bits per heavy atom. The van der Waals surface area contributed by atoms with Gasteiger partial charge in [-0.3, -0.25) is 9.79 Å². The SMILES string of the molecule is COc1cc2c(cc1OC)C(CC(=O)c1ccc(F)cc1)=NCC2. The summed E-state index contributed by atoms with van der Waals surface area (Å²) in [4.78, 5) is 17.0. The molecule has 0 saturated carbocycles. The summed E-state index contributed by atoms with van der Waals surface area (Å²) in [5, 5.41) is 0. The number of Topliss-reactive ketones (excluding diaryl/α,β-unsaturated/α-hetero) is 1. The Kier molecular flexibility index (Phi) is 4.60. The lowest BCUT2D eigenvalue weighted by Crippen LogP contribution is -2.17. The normalized spacial score (nSPS) is 13.0. The van der Waals surface area contributed by atoms with Gasteiger partial charge in [0.05, 0.1) is 26.4 Å². The number of ether oxygens (including phenoxy) is 2. The summed E-state index contributed by atoms with van der Waals surface area (Å²) in [6, 6.07) is 9.37. The molecule has 4 nitrogen and oxygen atoms in total. The molecule has 0 radical (unpaired) electrons. The molecule has 0 bridgehead atoms. The predicted molar refractivity (Wildman–Crippen MR) is 90.0 cm³/mol. The Labute approximate surface area is 139 Å². The van der Waals surface area contributed by atoms with E-state index in [4.69, 9.17) is 9.47 Å². The molecule has 0 saturated heterocycles. The van der Waals surface area contributed by atoms with Gasteiger partial charge in [0, 0.05) is 17.7 Å². The van der Waals surface area contributed by atoms with Crippen molar-refractivity contribution in [1.82, 2.24) is 0 Å². The van der Waals surface area contributed by atoms with Crippen molar-refractivity contribution < 1.29 is 18.7 Å². The molecule has 2 aromatic carbocycles. The first-order valence-electron chi connectivity index (χ1n) is 7.69. The minimum absolute atomic E-state index is 0.0867. The lowest BCUT2D eigenvalue weighted by molar-refractivity contribution is 0.100. The molecule has 0 fully saturated rings. The second-order valence-electron chi connectivity index (χ2n) is 5.55. The van der Waals surface area contributed by atoms with E-state index >= 15 is 0 Å². The third-order valence-corrected chi connectivity index (χ3v) is 4.10. The van der Waals surface area contributed by atoms with Crippen LogP contribution in [-0.2, 0) is 6.42 Å². The molecule has 1 heterocycles. The van der Waals surface area contributed by atoms with Crippen molar-refractivity contribution in [2.45, 2.75) is 12.8 Å². The molecule has 0 unspecified atom stereocenters. The smallest absolute Gasteiger partial charge is 0.168 e. The summed E-state index contributed by atoms with van der Waals surface area (Å²) >= 11 is 0. The van der Waals surface area contributed by atoms with Gasteiger partial charge in [-0.1, -0.05) is 0 Å². The molecule has 1 aliphatic rings. The van der Waals surface area contributed by atoms with Crippen LogP contribution in [0.15, 0.2) is 41.4 Å². The van der Waals surface area contributed by atoms with Gasteiger partial charge in [0.25, 0.3) is 0 Å². The number of carbonyl (C=O) groups is 1. The molecule has 0 N–H and O–H groups in total. The van der Waals surface area contributed by atoms with Crippen LogP contribution in [0.25, 0.3) is 0 Å². The van der Waals surface area contributed by atoms with Crippen molar-refractivity contribution >= 4 is 11.5 Å². The van der Waals surface area contributed by atoms with E-state index in [0.29, 0.717) is 23.6 Å². The highest BCUT2D eigenvalue weighted by Gasteiger charge is 2.21. The van der Waals surface area contributed by atoms with Crippen molar-refractivity contribution in [3.8, 4) is 11.5 Å². The highest BCUT2D eigenvalue weighted by atomic mass is 19.1. The van der Waals surface area contributed by atoms with Gasteiger partial charge in [0.2, 0.25) is 0 Å². The summed E-state index contributed by atoms with van der Waals surface area (Å²) in [6.45, 7) is 0.633. The van der Waals surface area contributed by atoms with Gasteiger partial charge in [0.15, 0.2) is 17.3 Å². The first-order valence-corrected chi connectivity index (χ1v) is 7.69.